The first kappa shape index (κ1) is 17.0. The minimum absolute atomic E-state index is 0.155. The fourth-order valence-electron chi connectivity index (χ4n) is 3.48. The minimum Gasteiger partial charge on any atom is -0.393 e. The van der Waals surface area contributed by atoms with Gasteiger partial charge in [-0.15, -0.1) is 0 Å². The molecule has 5 nitrogen and oxygen atoms in total. The molecule has 0 radical (unpaired) electrons. The number of nitrogens with zero attached hydrogens (tertiary/aromatic N) is 4. The molecule has 1 unspecified atom stereocenters. The van der Waals surface area contributed by atoms with E-state index in [1.807, 2.05) is 23.3 Å². The molecule has 0 aromatic carbocycles. The predicted octanol–water partition coefficient (Wildman–Crippen LogP) is 2.95. The van der Waals surface area contributed by atoms with Crippen LogP contribution in [0.15, 0.2) is 37.1 Å². The molecule has 1 saturated heterocycles. The van der Waals surface area contributed by atoms with Crippen molar-refractivity contribution < 1.29 is 5.11 Å². The maximum absolute atomic E-state index is 10.3. The van der Waals surface area contributed by atoms with Gasteiger partial charge in [-0.05, 0) is 42.7 Å². The van der Waals surface area contributed by atoms with Crippen LogP contribution in [0.1, 0.15) is 38.7 Å². The fraction of sp³-hybridized carbons (Fsp3) is 0.579. The first-order valence-electron chi connectivity index (χ1n) is 8.95. The number of aromatic nitrogens is 3. The van der Waals surface area contributed by atoms with Crippen molar-refractivity contribution in [2.24, 2.45) is 11.8 Å². The first-order chi connectivity index (χ1) is 11.6. The fourth-order valence-corrected chi connectivity index (χ4v) is 3.48. The van der Waals surface area contributed by atoms with Crippen LogP contribution in [0.5, 0.6) is 0 Å². The van der Waals surface area contributed by atoms with Gasteiger partial charge < -0.3 is 14.6 Å². The lowest BCUT2D eigenvalue weighted by Gasteiger charge is -2.35. The lowest BCUT2D eigenvalue weighted by atomic mass is 9.87. The summed E-state index contributed by atoms with van der Waals surface area (Å²) in [6.07, 6.45) is 10.4. The van der Waals surface area contributed by atoms with Gasteiger partial charge in [0, 0.05) is 38.2 Å². The zero-order valence-corrected chi connectivity index (χ0v) is 14.7. The van der Waals surface area contributed by atoms with Crippen molar-refractivity contribution in [2.75, 3.05) is 18.0 Å². The zero-order valence-electron chi connectivity index (χ0n) is 14.7. The molecule has 0 amide bonds. The van der Waals surface area contributed by atoms with Crippen LogP contribution >= 0.6 is 0 Å². The molecule has 5 heteroatoms. The molecule has 1 aliphatic heterocycles. The van der Waals surface area contributed by atoms with Crippen LogP contribution in [-0.4, -0.2) is 38.8 Å². The Labute approximate surface area is 144 Å². The molecule has 24 heavy (non-hydrogen) atoms. The Bertz CT molecular complexity index is 601. The maximum atomic E-state index is 10.3. The number of rotatable bonds is 6. The van der Waals surface area contributed by atoms with Crippen LogP contribution < -0.4 is 4.90 Å². The molecule has 1 aliphatic rings. The molecule has 1 fully saturated rings. The van der Waals surface area contributed by atoms with Crippen molar-refractivity contribution in [2.45, 2.75) is 45.8 Å². The molecular weight excluding hydrogens is 300 g/mol. The second-order valence-electron chi connectivity index (χ2n) is 7.28. The number of imidazole rings is 1. The Kier molecular flexibility index (Phi) is 5.51. The van der Waals surface area contributed by atoms with E-state index >= 15 is 0 Å². The van der Waals surface area contributed by atoms with E-state index in [1.54, 1.807) is 6.20 Å². The van der Waals surface area contributed by atoms with Crippen LogP contribution in [0.25, 0.3) is 0 Å². The Morgan fingerprint density at radius 1 is 1.25 bits per heavy atom. The summed E-state index contributed by atoms with van der Waals surface area (Å²) in [4.78, 5) is 11.0. The number of aliphatic hydroxyl groups excluding tert-OH is 1. The van der Waals surface area contributed by atoms with Crippen LogP contribution in [0, 0.1) is 11.8 Å². The third kappa shape index (κ3) is 4.35. The lowest BCUT2D eigenvalue weighted by Crippen LogP contribution is -2.38. The molecule has 0 bridgehead atoms. The summed E-state index contributed by atoms with van der Waals surface area (Å²) in [6.45, 7) is 7.11. The van der Waals surface area contributed by atoms with E-state index in [0.717, 1.165) is 44.7 Å². The van der Waals surface area contributed by atoms with Crippen LogP contribution in [0.2, 0.25) is 0 Å². The second-order valence-corrected chi connectivity index (χ2v) is 7.28. The molecule has 130 valence electrons. The molecule has 1 N–H and O–H groups in total. The molecule has 0 aliphatic carbocycles. The van der Waals surface area contributed by atoms with E-state index in [4.69, 9.17) is 0 Å². The second kappa shape index (κ2) is 7.79. The highest BCUT2D eigenvalue weighted by atomic mass is 16.3. The number of pyridine rings is 1. The van der Waals surface area contributed by atoms with Crippen molar-refractivity contribution in [1.29, 1.82) is 0 Å². The largest absolute Gasteiger partial charge is 0.393 e. The Balaban J connectivity index is 1.53. The van der Waals surface area contributed by atoms with E-state index in [9.17, 15) is 5.11 Å². The SMILES string of the molecule is CC(C)CC(O)C1CCN(c2ccc(Cn3ccnc3)cn2)CC1. The topological polar surface area (TPSA) is 54.2 Å². The summed E-state index contributed by atoms with van der Waals surface area (Å²) in [7, 11) is 0. The normalized spacial score (nSPS) is 17.4. The molecule has 0 saturated carbocycles. The van der Waals surface area contributed by atoms with E-state index < -0.39 is 0 Å². The Hall–Kier alpha value is -1.88. The number of hydrogen-bond donors (Lipinski definition) is 1. The summed E-state index contributed by atoms with van der Waals surface area (Å²) < 4.78 is 2.04. The summed E-state index contributed by atoms with van der Waals surface area (Å²) in [6, 6.07) is 4.25. The van der Waals surface area contributed by atoms with Gasteiger partial charge in [-0.1, -0.05) is 19.9 Å². The van der Waals surface area contributed by atoms with Gasteiger partial charge in [0.25, 0.3) is 0 Å². The number of piperidine rings is 1. The summed E-state index contributed by atoms with van der Waals surface area (Å²) in [5.41, 5.74) is 1.18. The van der Waals surface area contributed by atoms with Gasteiger partial charge in [0.05, 0.1) is 12.4 Å². The molecule has 2 aromatic rings. The Morgan fingerprint density at radius 2 is 2.04 bits per heavy atom. The van der Waals surface area contributed by atoms with Gasteiger partial charge in [-0.2, -0.15) is 0 Å². The minimum atomic E-state index is -0.155. The van der Waals surface area contributed by atoms with E-state index in [2.05, 4.69) is 40.8 Å². The highest BCUT2D eigenvalue weighted by Crippen LogP contribution is 2.26. The standard InChI is InChI=1S/C19H28N4O/c1-15(2)11-18(24)17-5-8-23(9-6-17)19-4-3-16(12-21-19)13-22-10-7-20-14-22/h3-4,7,10,12,14-15,17-18,24H,5-6,8-9,11,13H2,1-2H3. The monoisotopic (exact) mass is 328 g/mol. The molecule has 1 atom stereocenters. The smallest absolute Gasteiger partial charge is 0.128 e. The van der Waals surface area contributed by atoms with Gasteiger partial charge in [0.2, 0.25) is 0 Å². The van der Waals surface area contributed by atoms with Crippen molar-refractivity contribution >= 4 is 5.82 Å². The van der Waals surface area contributed by atoms with Gasteiger partial charge >= 0.3 is 0 Å². The highest BCUT2D eigenvalue weighted by molar-refractivity contribution is 5.39. The average Bonchev–Trinajstić information content (AvgIpc) is 3.08. The van der Waals surface area contributed by atoms with E-state index in [-0.39, 0.29) is 6.10 Å². The quantitative estimate of drug-likeness (QED) is 0.886. The molecule has 0 spiro atoms. The van der Waals surface area contributed by atoms with Crippen molar-refractivity contribution in [3.63, 3.8) is 0 Å². The molecule has 3 heterocycles. The number of aliphatic hydroxyl groups is 1. The van der Waals surface area contributed by atoms with Crippen molar-refractivity contribution in [3.8, 4) is 0 Å². The highest BCUT2D eigenvalue weighted by Gasteiger charge is 2.26. The number of anilines is 1. The van der Waals surface area contributed by atoms with Gasteiger partial charge in [-0.25, -0.2) is 9.97 Å². The van der Waals surface area contributed by atoms with Gasteiger partial charge in [-0.3, -0.25) is 0 Å². The molecule has 3 rings (SSSR count). The third-order valence-corrected chi connectivity index (χ3v) is 4.85. The van der Waals surface area contributed by atoms with Crippen LogP contribution in [-0.2, 0) is 6.54 Å². The lowest BCUT2D eigenvalue weighted by molar-refractivity contribution is 0.0734. The van der Waals surface area contributed by atoms with Crippen molar-refractivity contribution in [1.82, 2.24) is 14.5 Å². The summed E-state index contributed by atoms with van der Waals surface area (Å²) >= 11 is 0. The van der Waals surface area contributed by atoms with E-state index in [0.29, 0.717) is 11.8 Å². The van der Waals surface area contributed by atoms with Crippen LogP contribution in [0.3, 0.4) is 0 Å². The maximum Gasteiger partial charge on any atom is 0.128 e. The van der Waals surface area contributed by atoms with Gasteiger partial charge in [0.15, 0.2) is 0 Å². The van der Waals surface area contributed by atoms with E-state index in [1.165, 1.54) is 5.56 Å². The Morgan fingerprint density at radius 3 is 2.62 bits per heavy atom. The summed E-state index contributed by atoms with van der Waals surface area (Å²) in [5, 5.41) is 10.3. The van der Waals surface area contributed by atoms with Crippen molar-refractivity contribution in [3.05, 3.63) is 42.6 Å². The average molecular weight is 328 g/mol. The third-order valence-electron chi connectivity index (χ3n) is 4.85. The zero-order chi connectivity index (χ0) is 16.9. The van der Waals surface area contributed by atoms with Gasteiger partial charge in [0.1, 0.15) is 5.82 Å². The van der Waals surface area contributed by atoms with Crippen LogP contribution in [0.4, 0.5) is 5.82 Å². The molecular formula is C19H28N4O. The predicted molar refractivity (Wildman–Crippen MR) is 96.0 cm³/mol. The molecule has 2 aromatic heterocycles. The number of hydrogen-bond acceptors (Lipinski definition) is 4. The first-order valence-corrected chi connectivity index (χ1v) is 8.95. The summed E-state index contributed by atoms with van der Waals surface area (Å²) in [5.74, 6) is 2.04.